The lowest BCUT2D eigenvalue weighted by Crippen LogP contribution is -2.44. The fourth-order valence-corrected chi connectivity index (χ4v) is 2.80. The van der Waals surface area contributed by atoms with Crippen LogP contribution < -0.4 is 21.0 Å². The molecule has 0 bridgehead atoms. The minimum atomic E-state index is -0.597. The maximum atomic E-state index is 14.4. The number of rotatable bonds is 4. The van der Waals surface area contributed by atoms with Gasteiger partial charge in [0.15, 0.2) is 0 Å². The van der Waals surface area contributed by atoms with E-state index in [2.05, 4.69) is 16.1 Å². The lowest BCUT2D eigenvalue weighted by atomic mass is 10.1. The van der Waals surface area contributed by atoms with Gasteiger partial charge in [-0.05, 0) is 18.2 Å². The molecule has 0 aliphatic carbocycles. The van der Waals surface area contributed by atoms with Crippen LogP contribution in [0.5, 0.6) is 0 Å². The Labute approximate surface area is 138 Å². The van der Waals surface area contributed by atoms with Crippen LogP contribution in [0.2, 0.25) is 0 Å². The highest BCUT2D eigenvalue weighted by Gasteiger charge is 2.23. The van der Waals surface area contributed by atoms with Crippen molar-refractivity contribution < 1.29 is 18.4 Å². The second-order valence-electron chi connectivity index (χ2n) is 5.80. The van der Waals surface area contributed by atoms with Gasteiger partial charge in [0.05, 0.1) is 12.2 Å². The van der Waals surface area contributed by atoms with Crippen molar-refractivity contribution in [1.82, 2.24) is 16.1 Å². The molecule has 1 unspecified atom stereocenters. The molecule has 0 radical (unpaired) electrons. The molecule has 0 saturated carbocycles. The molecule has 1 atom stereocenters. The normalized spacial score (nSPS) is 20.5. The van der Waals surface area contributed by atoms with Crippen molar-refractivity contribution in [2.45, 2.75) is 13.0 Å². The zero-order chi connectivity index (χ0) is 17.1. The molecule has 2 heterocycles. The summed E-state index contributed by atoms with van der Waals surface area (Å²) in [6.07, 6.45) is 1.30. The van der Waals surface area contributed by atoms with Crippen molar-refractivity contribution in [2.75, 3.05) is 37.6 Å². The molecule has 3 N–H and O–H groups in total. The molecule has 2 aliphatic heterocycles. The number of nitrogens with zero attached hydrogens (tertiary/aromatic N) is 1. The van der Waals surface area contributed by atoms with E-state index in [1.54, 1.807) is 11.0 Å². The zero-order valence-corrected chi connectivity index (χ0v) is 13.4. The summed E-state index contributed by atoms with van der Waals surface area (Å²) in [4.78, 5) is 17.9. The van der Waals surface area contributed by atoms with E-state index in [1.165, 1.54) is 19.1 Å². The first-order valence-corrected chi connectivity index (χ1v) is 7.87. The SMILES string of the molecule is CC(=O)NCC1C=C(c2cc(F)c(N3CCNCC3)c(F)c2)NO1. The number of hydroxylamine groups is 1. The number of carbonyl (C=O) groups excluding carboxylic acids is 1. The van der Waals surface area contributed by atoms with Crippen molar-refractivity contribution in [3.05, 3.63) is 35.4 Å². The highest BCUT2D eigenvalue weighted by Crippen LogP contribution is 2.28. The summed E-state index contributed by atoms with van der Waals surface area (Å²) in [6.45, 7) is 4.23. The van der Waals surface area contributed by atoms with Crippen LogP contribution in [0.3, 0.4) is 0 Å². The van der Waals surface area contributed by atoms with Gasteiger partial charge in [0, 0.05) is 38.7 Å². The van der Waals surface area contributed by atoms with Gasteiger partial charge in [-0.2, -0.15) is 0 Å². The van der Waals surface area contributed by atoms with E-state index in [-0.39, 0.29) is 24.2 Å². The topological polar surface area (TPSA) is 65.6 Å². The Morgan fingerprint density at radius 2 is 2.00 bits per heavy atom. The van der Waals surface area contributed by atoms with Gasteiger partial charge in [0.25, 0.3) is 0 Å². The quantitative estimate of drug-likeness (QED) is 0.756. The van der Waals surface area contributed by atoms with Crippen LogP contribution >= 0.6 is 0 Å². The highest BCUT2D eigenvalue weighted by molar-refractivity contribution is 5.73. The van der Waals surface area contributed by atoms with Crippen molar-refractivity contribution in [2.24, 2.45) is 0 Å². The minimum Gasteiger partial charge on any atom is -0.364 e. The first kappa shape index (κ1) is 16.7. The Balaban J connectivity index is 1.77. The van der Waals surface area contributed by atoms with Gasteiger partial charge in [-0.25, -0.2) is 8.78 Å². The van der Waals surface area contributed by atoms with Gasteiger partial charge in [-0.15, -0.1) is 0 Å². The summed E-state index contributed by atoms with van der Waals surface area (Å²) in [6, 6.07) is 2.59. The number of anilines is 1. The predicted octanol–water partition coefficient (Wildman–Crippen LogP) is 0.755. The molecule has 1 saturated heterocycles. The van der Waals surface area contributed by atoms with E-state index in [4.69, 9.17) is 4.84 Å². The third-order valence-electron chi connectivity index (χ3n) is 3.99. The summed E-state index contributed by atoms with van der Waals surface area (Å²) in [5.74, 6) is -1.36. The number of hydrogen-bond donors (Lipinski definition) is 3. The molecule has 2 aliphatic rings. The summed E-state index contributed by atoms with van der Waals surface area (Å²) in [5.41, 5.74) is 3.51. The van der Waals surface area contributed by atoms with Crippen molar-refractivity contribution in [1.29, 1.82) is 0 Å². The van der Waals surface area contributed by atoms with Crippen molar-refractivity contribution in [3.63, 3.8) is 0 Å². The molecule has 1 fully saturated rings. The smallest absolute Gasteiger partial charge is 0.216 e. The van der Waals surface area contributed by atoms with Crippen LogP contribution in [0, 0.1) is 11.6 Å². The maximum Gasteiger partial charge on any atom is 0.216 e. The number of carbonyl (C=O) groups is 1. The van der Waals surface area contributed by atoms with Gasteiger partial charge < -0.3 is 15.5 Å². The van der Waals surface area contributed by atoms with E-state index < -0.39 is 11.6 Å². The standard InChI is InChI=1S/C16H20F2N4O2/c1-10(23)20-9-12-8-15(21-24-12)11-6-13(17)16(14(18)7-11)22-4-2-19-3-5-22/h6-8,12,19,21H,2-5,9H2,1H3,(H,20,23). The van der Waals surface area contributed by atoms with E-state index in [0.717, 1.165) is 0 Å². The van der Waals surface area contributed by atoms with Gasteiger partial charge in [0.1, 0.15) is 23.4 Å². The second kappa shape index (κ2) is 7.14. The van der Waals surface area contributed by atoms with Crippen molar-refractivity contribution in [3.8, 4) is 0 Å². The third kappa shape index (κ3) is 3.65. The van der Waals surface area contributed by atoms with Gasteiger partial charge in [-0.1, -0.05) is 0 Å². The molecular formula is C16H20F2N4O2. The average Bonchev–Trinajstić information content (AvgIpc) is 3.02. The Morgan fingerprint density at radius 1 is 1.33 bits per heavy atom. The summed E-state index contributed by atoms with van der Waals surface area (Å²) in [5, 5.41) is 5.78. The average molecular weight is 338 g/mol. The summed E-state index contributed by atoms with van der Waals surface area (Å²) in [7, 11) is 0. The number of halogens is 2. The number of piperazine rings is 1. The van der Waals surface area contributed by atoms with Crippen LogP contribution in [0.25, 0.3) is 5.70 Å². The van der Waals surface area contributed by atoms with Crippen LogP contribution in [-0.4, -0.2) is 44.7 Å². The summed E-state index contributed by atoms with van der Waals surface area (Å²) >= 11 is 0. The maximum absolute atomic E-state index is 14.4. The number of hydrogen-bond acceptors (Lipinski definition) is 5. The number of amides is 1. The van der Waals surface area contributed by atoms with Crippen LogP contribution in [0.4, 0.5) is 14.5 Å². The Kier molecular flexibility index (Phi) is 4.96. The molecule has 24 heavy (non-hydrogen) atoms. The molecule has 6 nitrogen and oxygen atoms in total. The lowest BCUT2D eigenvalue weighted by Gasteiger charge is -2.30. The van der Waals surface area contributed by atoms with E-state index >= 15 is 0 Å². The van der Waals surface area contributed by atoms with Crippen LogP contribution in [0.15, 0.2) is 18.2 Å². The Bertz CT molecular complexity index is 636. The molecule has 1 aromatic rings. The fourth-order valence-electron chi connectivity index (χ4n) is 2.80. The van der Waals surface area contributed by atoms with Crippen molar-refractivity contribution >= 4 is 17.3 Å². The van der Waals surface area contributed by atoms with Gasteiger partial charge in [0.2, 0.25) is 5.91 Å². The first-order chi connectivity index (χ1) is 11.5. The number of benzene rings is 1. The van der Waals surface area contributed by atoms with E-state index in [9.17, 15) is 13.6 Å². The van der Waals surface area contributed by atoms with E-state index in [0.29, 0.717) is 37.4 Å². The van der Waals surface area contributed by atoms with Crippen LogP contribution in [0.1, 0.15) is 12.5 Å². The highest BCUT2D eigenvalue weighted by atomic mass is 19.1. The molecule has 8 heteroatoms. The summed E-state index contributed by atoms with van der Waals surface area (Å²) < 4.78 is 28.9. The Morgan fingerprint density at radius 3 is 2.62 bits per heavy atom. The minimum absolute atomic E-state index is 0.00885. The molecule has 1 amide bonds. The lowest BCUT2D eigenvalue weighted by molar-refractivity contribution is -0.119. The van der Waals surface area contributed by atoms with E-state index in [1.807, 2.05) is 0 Å². The first-order valence-electron chi connectivity index (χ1n) is 7.87. The molecule has 3 rings (SSSR count). The van der Waals surface area contributed by atoms with Gasteiger partial charge in [-0.3, -0.25) is 15.1 Å². The van der Waals surface area contributed by atoms with Crippen LogP contribution in [-0.2, 0) is 9.63 Å². The largest absolute Gasteiger partial charge is 0.364 e. The molecule has 0 aromatic heterocycles. The molecule has 130 valence electrons. The zero-order valence-electron chi connectivity index (χ0n) is 13.4. The second-order valence-corrected chi connectivity index (χ2v) is 5.80. The Hall–Kier alpha value is -2.19. The van der Waals surface area contributed by atoms with Gasteiger partial charge >= 0.3 is 0 Å². The predicted molar refractivity (Wildman–Crippen MR) is 86.1 cm³/mol. The molecule has 1 aromatic carbocycles. The number of nitrogens with one attached hydrogen (secondary N) is 3. The third-order valence-corrected chi connectivity index (χ3v) is 3.99. The molecular weight excluding hydrogens is 318 g/mol. The molecule has 0 spiro atoms. The monoisotopic (exact) mass is 338 g/mol. The fraction of sp³-hybridized carbons (Fsp3) is 0.438.